The molecule has 0 radical (unpaired) electrons. The van der Waals surface area contributed by atoms with Crippen LogP contribution in [0.2, 0.25) is 5.02 Å². The van der Waals surface area contributed by atoms with Gasteiger partial charge < -0.3 is 14.7 Å². The van der Waals surface area contributed by atoms with Crippen molar-refractivity contribution in [1.29, 1.82) is 0 Å². The molecule has 1 atom stereocenters. The molecule has 0 bridgehead atoms. The summed E-state index contributed by atoms with van der Waals surface area (Å²) in [5.41, 5.74) is -0.110. The van der Waals surface area contributed by atoms with Gasteiger partial charge in [0.25, 0.3) is 0 Å². The number of hydrogen-bond acceptors (Lipinski definition) is 5. The molecule has 0 saturated carbocycles. The molecule has 28 heavy (non-hydrogen) atoms. The molecule has 7 heteroatoms. The van der Waals surface area contributed by atoms with Crippen LogP contribution in [0.15, 0.2) is 24.3 Å². The molecule has 0 unspecified atom stereocenters. The zero-order valence-electron chi connectivity index (χ0n) is 16.6. The minimum absolute atomic E-state index is 0.0232. The molecule has 1 aromatic carbocycles. The van der Waals surface area contributed by atoms with Crippen LogP contribution in [0.4, 0.5) is 0 Å². The summed E-state index contributed by atoms with van der Waals surface area (Å²) in [5, 5.41) is 12.7. The van der Waals surface area contributed by atoms with Crippen LogP contribution >= 0.6 is 22.9 Å². The number of likely N-dealkylation sites (tertiary alicyclic amines) is 1. The van der Waals surface area contributed by atoms with E-state index < -0.39 is 5.60 Å². The van der Waals surface area contributed by atoms with E-state index in [9.17, 15) is 9.90 Å². The first-order valence-electron chi connectivity index (χ1n) is 9.65. The van der Waals surface area contributed by atoms with Crippen LogP contribution in [0.5, 0.6) is 5.75 Å². The van der Waals surface area contributed by atoms with Crippen molar-refractivity contribution < 1.29 is 14.6 Å². The monoisotopic (exact) mass is 422 g/mol. The lowest BCUT2D eigenvalue weighted by Gasteiger charge is -2.25. The molecule has 2 aromatic rings. The first kappa shape index (κ1) is 21.1. The molecule has 1 aliphatic rings. The Morgan fingerprint density at radius 1 is 1.32 bits per heavy atom. The standard InChI is InChI=1S/C21H27ClN2O3S/c1-14(2)19(25)24-11-4-9-21(26,10-12-24)20-23-15(3)18(28-20)13-27-17-7-5-16(22)6-8-17/h5-8,14,26H,4,9-13H2,1-3H3/t21-/m0/s1. The molecule has 5 nitrogen and oxygen atoms in total. The first-order valence-corrected chi connectivity index (χ1v) is 10.8. The highest BCUT2D eigenvalue weighted by atomic mass is 35.5. The second-order valence-corrected chi connectivity index (χ2v) is 9.16. The molecule has 2 heterocycles. The maximum Gasteiger partial charge on any atom is 0.225 e. The number of aryl methyl sites for hydroxylation is 1. The van der Waals surface area contributed by atoms with E-state index in [1.54, 1.807) is 12.1 Å². The third kappa shape index (κ3) is 4.85. The van der Waals surface area contributed by atoms with Gasteiger partial charge in [0.2, 0.25) is 5.91 Å². The third-order valence-electron chi connectivity index (χ3n) is 5.09. The van der Waals surface area contributed by atoms with Crippen molar-refractivity contribution >= 4 is 28.8 Å². The molecular weight excluding hydrogens is 396 g/mol. The molecule has 0 aliphatic carbocycles. The zero-order chi connectivity index (χ0) is 20.3. The molecule has 152 valence electrons. The Labute approximate surface area is 175 Å². The fourth-order valence-electron chi connectivity index (χ4n) is 3.36. The number of aliphatic hydroxyl groups is 1. The lowest BCUT2D eigenvalue weighted by Crippen LogP contribution is -2.36. The number of carbonyl (C=O) groups is 1. The van der Waals surface area contributed by atoms with Gasteiger partial charge in [0.05, 0.1) is 10.6 Å². The minimum atomic E-state index is -0.986. The van der Waals surface area contributed by atoms with Gasteiger partial charge in [0.15, 0.2) is 0 Å². The van der Waals surface area contributed by atoms with Gasteiger partial charge in [0.1, 0.15) is 23.0 Å². The molecule has 1 aromatic heterocycles. The summed E-state index contributed by atoms with van der Waals surface area (Å²) in [4.78, 5) is 19.8. The normalized spacial score (nSPS) is 20.3. The highest BCUT2D eigenvalue weighted by Gasteiger charge is 2.36. The van der Waals surface area contributed by atoms with Gasteiger partial charge in [-0.3, -0.25) is 4.79 Å². The Bertz CT molecular complexity index is 822. The Kier molecular flexibility index (Phi) is 6.63. The average Bonchev–Trinajstić information content (AvgIpc) is 2.92. The lowest BCUT2D eigenvalue weighted by molar-refractivity contribution is -0.134. The second kappa shape index (κ2) is 8.80. The Balaban J connectivity index is 1.68. The van der Waals surface area contributed by atoms with Crippen molar-refractivity contribution in [3.8, 4) is 5.75 Å². The van der Waals surface area contributed by atoms with E-state index in [1.807, 2.05) is 37.8 Å². The zero-order valence-corrected chi connectivity index (χ0v) is 18.1. The molecule has 3 rings (SSSR count). The van der Waals surface area contributed by atoms with Crippen LogP contribution in [0, 0.1) is 12.8 Å². The van der Waals surface area contributed by atoms with Gasteiger partial charge in [-0.2, -0.15) is 0 Å². The lowest BCUT2D eigenvalue weighted by atomic mass is 9.96. The second-order valence-electron chi connectivity index (χ2n) is 7.64. The van der Waals surface area contributed by atoms with Crippen LogP contribution in [0.1, 0.15) is 48.7 Å². The van der Waals surface area contributed by atoms with Crippen LogP contribution in [-0.2, 0) is 17.0 Å². The van der Waals surface area contributed by atoms with Crippen LogP contribution in [0.25, 0.3) is 0 Å². The number of halogens is 1. The number of amides is 1. The first-order chi connectivity index (χ1) is 13.3. The number of benzene rings is 1. The number of thiazole rings is 1. The smallest absolute Gasteiger partial charge is 0.225 e. The number of hydrogen-bond donors (Lipinski definition) is 1. The molecule has 1 fully saturated rings. The third-order valence-corrected chi connectivity index (χ3v) is 6.67. The van der Waals surface area contributed by atoms with E-state index >= 15 is 0 Å². The number of nitrogens with zero attached hydrogens (tertiary/aromatic N) is 2. The van der Waals surface area contributed by atoms with E-state index in [0.717, 1.165) is 27.7 Å². The summed E-state index contributed by atoms with van der Waals surface area (Å²) in [7, 11) is 0. The topological polar surface area (TPSA) is 62.7 Å². The van der Waals surface area contributed by atoms with Gasteiger partial charge in [-0.25, -0.2) is 4.98 Å². The van der Waals surface area contributed by atoms with Gasteiger partial charge in [-0.1, -0.05) is 25.4 Å². The number of carbonyl (C=O) groups excluding carboxylic acids is 1. The van der Waals surface area contributed by atoms with E-state index in [2.05, 4.69) is 4.98 Å². The maximum absolute atomic E-state index is 12.3. The average molecular weight is 423 g/mol. The highest BCUT2D eigenvalue weighted by molar-refractivity contribution is 7.11. The molecule has 1 amide bonds. The molecule has 1 saturated heterocycles. The molecule has 0 spiro atoms. The fourth-order valence-corrected chi connectivity index (χ4v) is 4.61. The van der Waals surface area contributed by atoms with E-state index in [0.29, 0.717) is 37.6 Å². The molecule has 1 N–H and O–H groups in total. The summed E-state index contributed by atoms with van der Waals surface area (Å²) in [6.07, 6.45) is 1.89. The van der Waals surface area contributed by atoms with Gasteiger partial charge in [-0.05, 0) is 44.0 Å². The van der Waals surface area contributed by atoms with Gasteiger partial charge in [-0.15, -0.1) is 11.3 Å². The van der Waals surface area contributed by atoms with Gasteiger partial charge in [0, 0.05) is 30.5 Å². The van der Waals surface area contributed by atoms with Crippen molar-refractivity contribution in [2.75, 3.05) is 13.1 Å². The molecular formula is C21H27ClN2O3S. The quantitative estimate of drug-likeness (QED) is 0.768. The summed E-state index contributed by atoms with van der Waals surface area (Å²) in [6.45, 7) is 7.42. The summed E-state index contributed by atoms with van der Waals surface area (Å²) in [5.74, 6) is 0.872. The van der Waals surface area contributed by atoms with Gasteiger partial charge >= 0.3 is 0 Å². The maximum atomic E-state index is 12.3. The van der Waals surface area contributed by atoms with E-state index in [1.165, 1.54) is 11.3 Å². The Morgan fingerprint density at radius 2 is 2.04 bits per heavy atom. The van der Waals surface area contributed by atoms with Crippen molar-refractivity contribution in [3.63, 3.8) is 0 Å². The van der Waals surface area contributed by atoms with Crippen LogP contribution < -0.4 is 4.74 Å². The van der Waals surface area contributed by atoms with E-state index in [4.69, 9.17) is 16.3 Å². The number of rotatable bonds is 5. The predicted molar refractivity (Wildman–Crippen MR) is 112 cm³/mol. The largest absolute Gasteiger partial charge is 0.488 e. The SMILES string of the molecule is Cc1nc([C@]2(O)CCCN(C(=O)C(C)C)CC2)sc1COc1ccc(Cl)cc1. The van der Waals surface area contributed by atoms with Crippen molar-refractivity contribution in [2.24, 2.45) is 5.92 Å². The summed E-state index contributed by atoms with van der Waals surface area (Å²) >= 11 is 7.40. The summed E-state index contributed by atoms with van der Waals surface area (Å²) in [6, 6.07) is 7.25. The Hall–Kier alpha value is -1.63. The van der Waals surface area contributed by atoms with Crippen LogP contribution in [0.3, 0.4) is 0 Å². The fraction of sp³-hybridized carbons (Fsp3) is 0.524. The van der Waals surface area contributed by atoms with Crippen LogP contribution in [-0.4, -0.2) is 34.0 Å². The molecule has 1 aliphatic heterocycles. The minimum Gasteiger partial charge on any atom is -0.488 e. The summed E-state index contributed by atoms with van der Waals surface area (Å²) < 4.78 is 5.84. The van der Waals surface area contributed by atoms with Crippen molar-refractivity contribution in [1.82, 2.24) is 9.88 Å². The van der Waals surface area contributed by atoms with Crippen molar-refractivity contribution in [3.05, 3.63) is 44.9 Å². The van der Waals surface area contributed by atoms with E-state index in [-0.39, 0.29) is 11.8 Å². The predicted octanol–water partition coefficient (Wildman–Crippen LogP) is 4.54. The Morgan fingerprint density at radius 3 is 2.71 bits per heavy atom. The highest BCUT2D eigenvalue weighted by Crippen LogP contribution is 2.37. The number of aromatic nitrogens is 1. The number of ether oxygens (including phenoxy) is 1. The van der Waals surface area contributed by atoms with Crippen molar-refractivity contribution in [2.45, 2.75) is 52.2 Å².